The molecule has 0 saturated carbocycles. The third-order valence-electron chi connectivity index (χ3n) is 2.80. The summed E-state index contributed by atoms with van der Waals surface area (Å²) in [7, 11) is 0. The number of benzene rings is 1. The van der Waals surface area contributed by atoms with Gasteiger partial charge in [0, 0.05) is 0 Å². The van der Waals surface area contributed by atoms with Gasteiger partial charge in [0.25, 0.3) is 0 Å². The second-order valence-corrected chi connectivity index (χ2v) is 4.57. The van der Waals surface area contributed by atoms with Crippen molar-refractivity contribution in [1.29, 1.82) is 0 Å². The van der Waals surface area contributed by atoms with E-state index in [0.29, 0.717) is 11.8 Å². The van der Waals surface area contributed by atoms with Crippen LogP contribution >= 0.6 is 11.7 Å². The Balaban J connectivity index is 2.43. The van der Waals surface area contributed by atoms with Gasteiger partial charge >= 0.3 is 0 Å². The molecule has 1 atom stereocenters. The fourth-order valence-electron chi connectivity index (χ4n) is 1.47. The summed E-state index contributed by atoms with van der Waals surface area (Å²) in [5.41, 5.74) is 3.40. The van der Waals surface area contributed by atoms with Crippen molar-refractivity contribution in [2.24, 2.45) is 5.92 Å². The minimum atomic E-state index is 0.584. The first-order valence-corrected chi connectivity index (χ1v) is 5.63. The third kappa shape index (κ3) is 1.64. The van der Waals surface area contributed by atoms with Crippen molar-refractivity contribution in [2.75, 3.05) is 0 Å². The van der Waals surface area contributed by atoms with Crippen LogP contribution in [0.25, 0.3) is 11.0 Å². The summed E-state index contributed by atoms with van der Waals surface area (Å²) in [5.74, 6) is 1.25. The van der Waals surface area contributed by atoms with Crippen LogP contribution in [0.5, 0.6) is 0 Å². The molecule has 0 amide bonds. The molecule has 1 heterocycles. The Morgan fingerprint density at radius 1 is 1.07 bits per heavy atom. The first-order valence-electron chi connectivity index (χ1n) is 4.90. The normalized spacial score (nSPS) is 13.7. The summed E-state index contributed by atoms with van der Waals surface area (Å²) in [6, 6.07) is 6.38. The van der Waals surface area contributed by atoms with Gasteiger partial charge in [0.15, 0.2) is 0 Å². The van der Waals surface area contributed by atoms with E-state index in [9.17, 15) is 0 Å². The summed E-state index contributed by atoms with van der Waals surface area (Å²) < 4.78 is 8.45. The molecular formula is C11H14N2S. The van der Waals surface area contributed by atoms with E-state index in [1.54, 1.807) is 0 Å². The summed E-state index contributed by atoms with van der Waals surface area (Å²) in [5, 5.41) is 0. The monoisotopic (exact) mass is 206 g/mol. The molecule has 0 fully saturated rings. The molecule has 0 bridgehead atoms. The van der Waals surface area contributed by atoms with Gasteiger partial charge in [-0.1, -0.05) is 26.8 Å². The van der Waals surface area contributed by atoms with Gasteiger partial charge < -0.3 is 0 Å². The predicted molar refractivity (Wildman–Crippen MR) is 60.7 cm³/mol. The number of aromatic nitrogens is 2. The van der Waals surface area contributed by atoms with Crippen molar-refractivity contribution in [1.82, 2.24) is 8.75 Å². The maximum Gasteiger partial charge on any atom is 0.105 e. The van der Waals surface area contributed by atoms with Crippen LogP contribution in [0.15, 0.2) is 18.2 Å². The molecule has 2 aromatic rings. The van der Waals surface area contributed by atoms with Crippen molar-refractivity contribution in [3.63, 3.8) is 0 Å². The standard InChI is InChI=1S/C11H14N2S/c1-7(2)8(3)9-4-5-10-11(6-9)13-14-12-10/h4-8H,1-3H3. The van der Waals surface area contributed by atoms with Crippen LogP contribution in [0.4, 0.5) is 0 Å². The van der Waals surface area contributed by atoms with E-state index in [2.05, 4.69) is 47.7 Å². The fourth-order valence-corrected chi connectivity index (χ4v) is 1.98. The average molecular weight is 206 g/mol. The molecule has 0 N–H and O–H groups in total. The van der Waals surface area contributed by atoms with Crippen LogP contribution in [0.3, 0.4) is 0 Å². The van der Waals surface area contributed by atoms with Crippen LogP contribution in [0.2, 0.25) is 0 Å². The zero-order chi connectivity index (χ0) is 10.1. The molecule has 0 radical (unpaired) electrons. The maximum absolute atomic E-state index is 4.25. The van der Waals surface area contributed by atoms with E-state index in [0.717, 1.165) is 11.0 Å². The van der Waals surface area contributed by atoms with Gasteiger partial charge in [0.1, 0.15) is 11.0 Å². The van der Waals surface area contributed by atoms with Crippen LogP contribution in [0, 0.1) is 5.92 Å². The van der Waals surface area contributed by atoms with Gasteiger partial charge in [-0.2, -0.15) is 8.75 Å². The molecule has 2 nitrogen and oxygen atoms in total. The third-order valence-corrected chi connectivity index (χ3v) is 3.36. The molecule has 2 rings (SSSR count). The Morgan fingerprint density at radius 3 is 2.50 bits per heavy atom. The summed E-state index contributed by atoms with van der Waals surface area (Å²) in [6.07, 6.45) is 0. The van der Waals surface area contributed by atoms with E-state index in [-0.39, 0.29) is 0 Å². The topological polar surface area (TPSA) is 25.8 Å². The zero-order valence-corrected chi connectivity index (χ0v) is 9.51. The number of fused-ring (bicyclic) bond motifs is 1. The Kier molecular flexibility index (Phi) is 2.50. The maximum atomic E-state index is 4.25. The lowest BCUT2D eigenvalue weighted by atomic mass is 9.90. The molecule has 0 aliphatic heterocycles. The number of nitrogens with zero attached hydrogens (tertiary/aromatic N) is 2. The summed E-state index contributed by atoms with van der Waals surface area (Å²) >= 11 is 1.28. The highest BCUT2D eigenvalue weighted by Gasteiger charge is 2.10. The molecule has 74 valence electrons. The molecule has 0 aliphatic rings. The molecular weight excluding hydrogens is 192 g/mol. The predicted octanol–water partition coefficient (Wildman–Crippen LogP) is 3.45. The lowest BCUT2D eigenvalue weighted by molar-refractivity contribution is 0.535. The number of hydrogen-bond donors (Lipinski definition) is 0. The van der Waals surface area contributed by atoms with Crippen molar-refractivity contribution in [2.45, 2.75) is 26.7 Å². The molecule has 0 spiro atoms. The molecule has 0 aliphatic carbocycles. The lowest BCUT2D eigenvalue weighted by Crippen LogP contribution is -2.01. The number of hydrogen-bond acceptors (Lipinski definition) is 3. The second-order valence-electron chi connectivity index (χ2n) is 4.05. The highest BCUT2D eigenvalue weighted by atomic mass is 32.1. The second kappa shape index (κ2) is 3.65. The molecule has 1 aromatic carbocycles. The van der Waals surface area contributed by atoms with E-state index in [1.165, 1.54) is 17.3 Å². The smallest absolute Gasteiger partial charge is 0.105 e. The first-order chi connectivity index (χ1) is 6.68. The summed E-state index contributed by atoms with van der Waals surface area (Å²) in [6.45, 7) is 6.74. The van der Waals surface area contributed by atoms with Crippen LogP contribution in [0.1, 0.15) is 32.3 Å². The Bertz CT molecular complexity index is 434. The van der Waals surface area contributed by atoms with Gasteiger partial charge in [-0.15, -0.1) is 0 Å². The summed E-state index contributed by atoms with van der Waals surface area (Å²) in [4.78, 5) is 0. The SMILES string of the molecule is CC(C)C(C)c1ccc2nsnc2c1. The van der Waals surface area contributed by atoms with Crippen molar-refractivity contribution < 1.29 is 0 Å². The van der Waals surface area contributed by atoms with Gasteiger partial charge in [0.2, 0.25) is 0 Å². The quantitative estimate of drug-likeness (QED) is 0.752. The van der Waals surface area contributed by atoms with Gasteiger partial charge in [0.05, 0.1) is 11.7 Å². The molecule has 3 heteroatoms. The number of rotatable bonds is 2. The van der Waals surface area contributed by atoms with Gasteiger partial charge in [-0.05, 0) is 29.5 Å². The van der Waals surface area contributed by atoms with Crippen molar-refractivity contribution in [3.8, 4) is 0 Å². The Hall–Kier alpha value is -0.960. The Labute approximate surface area is 88.3 Å². The minimum absolute atomic E-state index is 0.584. The molecule has 14 heavy (non-hydrogen) atoms. The van der Waals surface area contributed by atoms with E-state index in [1.807, 2.05) is 0 Å². The van der Waals surface area contributed by atoms with Crippen molar-refractivity contribution >= 4 is 22.8 Å². The van der Waals surface area contributed by atoms with Gasteiger partial charge in [-0.3, -0.25) is 0 Å². The highest BCUT2D eigenvalue weighted by Crippen LogP contribution is 2.25. The first kappa shape index (κ1) is 9.59. The van der Waals surface area contributed by atoms with E-state index < -0.39 is 0 Å². The Morgan fingerprint density at radius 2 is 1.79 bits per heavy atom. The van der Waals surface area contributed by atoms with Crippen LogP contribution < -0.4 is 0 Å². The highest BCUT2D eigenvalue weighted by molar-refractivity contribution is 7.00. The molecule has 1 aromatic heterocycles. The molecule has 0 saturated heterocycles. The average Bonchev–Trinajstić information content (AvgIpc) is 2.62. The largest absolute Gasteiger partial charge is 0.173 e. The van der Waals surface area contributed by atoms with Gasteiger partial charge in [-0.25, -0.2) is 0 Å². The lowest BCUT2D eigenvalue weighted by Gasteiger charge is -2.15. The van der Waals surface area contributed by atoms with E-state index in [4.69, 9.17) is 0 Å². The van der Waals surface area contributed by atoms with E-state index >= 15 is 0 Å². The van der Waals surface area contributed by atoms with Crippen LogP contribution in [-0.4, -0.2) is 8.75 Å². The minimum Gasteiger partial charge on any atom is -0.173 e. The zero-order valence-electron chi connectivity index (χ0n) is 8.69. The van der Waals surface area contributed by atoms with Crippen LogP contribution in [-0.2, 0) is 0 Å². The fraction of sp³-hybridized carbons (Fsp3) is 0.455. The van der Waals surface area contributed by atoms with Crippen molar-refractivity contribution in [3.05, 3.63) is 23.8 Å². The molecule has 1 unspecified atom stereocenters.